The zero-order chi connectivity index (χ0) is 14.2. The van der Waals surface area contributed by atoms with Crippen LogP contribution >= 0.6 is 0 Å². The molecule has 3 nitrogen and oxygen atoms in total. The van der Waals surface area contributed by atoms with Crippen LogP contribution in [0.15, 0.2) is 59.6 Å². The first-order valence-corrected chi connectivity index (χ1v) is 6.81. The van der Waals surface area contributed by atoms with Gasteiger partial charge in [0.1, 0.15) is 5.75 Å². The van der Waals surface area contributed by atoms with E-state index in [-0.39, 0.29) is 5.75 Å². The number of nitrogens with zero attached hydrogens (tertiary/aromatic N) is 1. The minimum absolute atomic E-state index is 0.283. The van der Waals surface area contributed by atoms with E-state index in [0.29, 0.717) is 6.54 Å². The van der Waals surface area contributed by atoms with Crippen molar-refractivity contribution < 1.29 is 5.11 Å². The lowest BCUT2D eigenvalue weighted by atomic mass is 10.1. The van der Waals surface area contributed by atoms with Crippen molar-refractivity contribution in [2.24, 2.45) is 4.99 Å². The molecule has 0 atom stereocenters. The number of phenolic OH excluding ortho intramolecular Hbond substituents is 1. The molecular weight excluding hydrogens is 248 g/mol. The van der Waals surface area contributed by atoms with Gasteiger partial charge in [0.25, 0.3) is 0 Å². The summed E-state index contributed by atoms with van der Waals surface area (Å²) >= 11 is 0. The van der Waals surface area contributed by atoms with Gasteiger partial charge < -0.3 is 10.4 Å². The summed E-state index contributed by atoms with van der Waals surface area (Å²) in [6, 6.07) is 17.6. The molecule has 3 heteroatoms. The van der Waals surface area contributed by atoms with Crippen molar-refractivity contribution in [1.29, 1.82) is 0 Å². The summed E-state index contributed by atoms with van der Waals surface area (Å²) < 4.78 is 0. The molecule has 0 amide bonds. The average molecular weight is 268 g/mol. The van der Waals surface area contributed by atoms with Crippen LogP contribution in [-0.4, -0.2) is 23.9 Å². The lowest BCUT2D eigenvalue weighted by molar-refractivity contribution is 0.474. The first kappa shape index (κ1) is 14.3. The molecule has 0 aliphatic carbocycles. The van der Waals surface area contributed by atoms with Crippen molar-refractivity contribution in [1.82, 2.24) is 5.32 Å². The highest BCUT2D eigenvalue weighted by Gasteiger charge is 2.02. The fraction of sp³-hybridized carbons (Fsp3) is 0.235. The molecule has 0 aliphatic rings. The molecule has 2 aromatic carbocycles. The van der Waals surface area contributed by atoms with Gasteiger partial charge in [-0.25, -0.2) is 0 Å². The zero-order valence-corrected chi connectivity index (χ0v) is 11.7. The van der Waals surface area contributed by atoms with Gasteiger partial charge in [-0.3, -0.25) is 4.99 Å². The van der Waals surface area contributed by atoms with E-state index in [9.17, 15) is 5.11 Å². The second-order valence-corrected chi connectivity index (χ2v) is 4.65. The third-order valence-corrected chi connectivity index (χ3v) is 3.10. The highest BCUT2D eigenvalue weighted by Crippen LogP contribution is 2.16. The van der Waals surface area contributed by atoms with Crippen molar-refractivity contribution >= 4 is 5.71 Å². The largest absolute Gasteiger partial charge is 0.507 e. The quantitative estimate of drug-likeness (QED) is 0.625. The molecule has 0 aliphatic heterocycles. The van der Waals surface area contributed by atoms with E-state index in [1.54, 1.807) is 6.07 Å². The van der Waals surface area contributed by atoms with Gasteiger partial charge in [0.2, 0.25) is 0 Å². The Morgan fingerprint density at radius 2 is 1.75 bits per heavy atom. The van der Waals surface area contributed by atoms with Gasteiger partial charge in [0.05, 0.1) is 6.54 Å². The Morgan fingerprint density at radius 3 is 2.50 bits per heavy atom. The average Bonchev–Trinajstić information content (AvgIpc) is 2.48. The number of benzene rings is 2. The highest BCUT2D eigenvalue weighted by atomic mass is 16.3. The Hall–Kier alpha value is -2.13. The van der Waals surface area contributed by atoms with Crippen molar-refractivity contribution in [3.05, 3.63) is 65.7 Å². The van der Waals surface area contributed by atoms with Gasteiger partial charge in [-0.05, 0) is 24.6 Å². The highest BCUT2D eigenvalue weighted by molar-refractivity contribution is 6.00. The summed E-state index contributed by atoms with van der Waals surface area (Å²) in [4.78, 5) is 4.48. The smallest absolute Gasteiger partial charge is 0.124 e. The molecule has 20 heavy (non-hydrogen) atoms. The van der Waals surface area contributed by atoms with E-state index in [0.717, 1.165) is 24.4 Å². The van der Waals surface area contributed by atoms with Crippen LogP contribution < -0.4 is 5.32 Å². The van der Waals surface area contributed by atoms with E-state index in [4.69, 9.17) is 0 Å². The molecule has 2 aromatic rings. The van der Waals surface area contributed by atoms with Gasteiger partial charge in [-0.15, -0.1) is 0 Å². The summed E-state index contributed by atoms with van der Waals surface area (Å²) in [5, 5.41) is 13.1. The summed E-state index contributed by atoms with van der Waals surface area (Å²) in [7, 11) is 0. The molecule has 0 saturated carbocycles. The van der Waals surface area contributed by atoms with E-state index >= 15 is 0 Å². The molecule has 0 bridgehead atoms. The van der Waals surface area contributed by atoms with Gasteiger partial charge in [-0.2, -0.15) is 0 Å². The summed E-state index contributed by atoms with van der Waals surface area (Å²) in [6.45, 7) is 4.30. The Bertz CT molecular complexity index is 564. The standard InChI is InChI=1S/C17H20N2O/c1-14(16-9-5-6-10-17(16)20)19-12-11-18-13-15-7-3-2-4-8-15/h2-10,18,20H,11-13H2,1H3. The number of aromatic hydroxyl groups is 1. The molecule has 2 rings (SSSR count). The summed E-state index contributed by atoms with van der Waals surface area (Å²) in [6.07, 6.45) is 0. The first-order chi connectivity index (χ1) is 9.77. The van der Waals surface area contributed by atoms with Crippen LogP contribution in [0.5, 0.6) is 5.75 Å². The van der Waals surface area contributed by atoms with Crippen molar-refractivity contribution in [2.45, 2.75) is 13.5 Å². The van der Waals surface area contributed by atoms with Gasteiger partial charge in [-0.1, -0.05) is 42.5 Å². The van der Waals surface area contributed by atoms with Crippen LogP contribution in [0.4, 0.5) is 0 Å². The number of para-hydroxylation sites is 1. The monoisotopic (exact) mass is 268 g/mol. The SMILES string of the molecule is CC(=NCCNCc1ccccc1)c1ccccc1O. The van der Waals surface area contributed by atoms with Crippen molar-refractivity contribution in [3.63, 3.8) is 0 Å². The number of rotatable bonds is 6. The Balaban J connectivity index is 1.78. The molecule has 104 valence electrons. The summed E-state index contributed by atoms with van der Waals surface area (Å²) in [5.74, 6) is 0.283. The molecular formula is C17H20N2O. The zero-order valence-electron chi connectivity index (χ0n) is 11.7. The van der Waals surface area contributed by atoms with Crippen molar-refractivity contribution in [3.8, 4) is 5.75 Å². The molecule has 0 radical (unpaired) electrons. The Morgan fingerprint density at radius 1 is 1.05 bits per heavy atom. The molecule has 0 spiro atoms. The predicted octanol–water partition coefficient (Wildman–Crippen LogP) is 2.99. The Kier molecular flexibility index (Phi) is 5.33. The van der Waals surface area contributed by atoms with Gasteiger partial charge >= 0.3 is 0 Å². The Labute approximate surface area is 120 Å². The molecule has 0 heterocycles. The fourth-order valence-electron chi connectivity index (χ4n) is 2.00. The van der Waals surface area contributed by atoms with Crippen LogP contribution in [0, 0.1) is 0 Å². The second kappa shape index (κ2) is 7.46. The van der Waals surface area contributed by atoms with Crippen LogP contribution in [-0.2, 0) is 6.54 Å². The van der Waals surface area contributed by atoms with Gasteiger partial charge in [0.15, 0.2) is 0 Å². The maximum atomic E-state index is 9.74. The maximum Gasteiger partial charge on any atom is 0.124 e. The van der Waals surface area contributed by atoms with E-state index in [1.165, 1.54) is 5.56 Å². The third kappa shape index (κ3) is 4.21. The molecule has 2 N–H and O–H groups in total. The number of hydrogen-bond acceptors (Lipinski definition) is 3. The number of hydrogen-bond donors (Lipinski definition) is 2. The third-order valence-electron chi connectivity index (χ3n) is 3.10. The van der Waals surface area contributed by atoms with Crippen LogP contribution in [0.3, 0.4) is 0 Å². The number of nitrogens with one attached hydrogen (secondary N) is 1. The summed E-state index contributed by atoms with van der Waals surface area (Å²) in [5.41, 5.74) is 2.94. The lowest BCUT2D eigenvalue weighted by Crippen LogP contribution is -2.17. The minimum atomic E-state index is 0.283. The first-order valence-electron chi connectivity index (χ1n) is 6.81. The van der Waals surface area contributed by atoms with E-state index in [1.807, 2.05) is 43.3 Å². The van der Waals surface area contributed by atoms with Gasteiger partial charge in [0, 0.05) is 24.4 Å². The molecule has 0 fully saturated rings. The van der Waals surface area contributed by atoms with E-state index < -0.39 is 0 Å². The fourth-order valence-corrected chi connectivity index (χ4v) is 2.00. The maximum absolute atomic E-state index is 9.74. The molecule has 0 saturated heterocycles. The van der Waals surface area contributed by atoms with E-state index in [2.05, 4.69) is 22.4 Å². The second-order valence-electron chi connectivity index (χ2n) is 4.65. The topological polar surface area (TPSA) is 44.6 Å². The van der Waals surface area contributed by atoms with Crippen LogP contribution in [0.1, 0.15) is 18.1 Å². The molecule has 0 unspecified atom stereocenters. The number of phenols is 1. The van der Waals surface area contributed by atoms with Crippen molar-refractivity contribution in [2.75, 3.05) is 13.1 Å². The predicted molar refractivity (Wildman–Crippen MR) is 83.3 cm³/mol. The van der Waals surface area contributed by atoms with Crippen LogP contribution in [0.2, 0.25) is 0 Å². The minimum Gasteiger partial charge on any atom is -0.507 e. The lowest BCUT2D eigenvalue weighted by Gasteiger charge is -2.05. The van der Waals surface area contributed by atoms with Crippen LogP contribution in [0.25, 0.3) is 0 Å². The number of aliphatic imine (C=N–C) groups is 1. The molecule has 0 aromatic heterocycles. The normalized spacial score (nSPS) is 11.6.